The van der Waals surface area contributed by atoms with Crippen molar-refractivity contribution >= 4 is 28.7 Å². The number of aryl methyl sites for hydroxylation is 1. The summed E-state index contributed by atoms with van der Waals surface area (Å²) in [5.41, 5.74) is 0.214. The Bertz CT molecular complexity index is 1370. The molecule has 33 heavy (non-hydrogen) atoms. The van der Waals surface area contributed by atoms with Crippen LogP contribution >= 0.6 is 11.6 Å². The highest BCUT2D eigenvalue weighted by molar-refractivity contribution is 6.29. The SMILES string of the molecule is Cn1c(=O)c2c(nc(Cl)n2CC(=O)N2CCC[C@@H]2c2ccc3c(c2)OCCCO3)n(C)c1=O. The lowest BCUT2D eigenvalue weighted by molar-refractivity contribution is -0.132. The van der Waals surface area contributed by atoms with Crippen molar-refractivity contribution in [2.75, 3.05) is 19.8 Å². The first-order valence-corrected chi connectivity index (χ1v) is 11.3. The number of benzene rings is 1. The van der Waals surface area contributed by atoms with E-state index in [1.807, 2.05) is 18.2 Å². The number of nitrogens with zero attached hydrogens (tertiary/aromatic N) is 5. The Kier molecular flexibility index (Phi) is 5.40. The number of halogens is 1. The zero-order valence-corrected chi connectivity index (χ0v) is 19.2. The quantitative estimate of drug-likeness (QED) is 0.536. The van der Waals surface area contributed by atoms with Gasteiger partial charge in [0.1, 0.15) is 6.54 Å². The van der Waals surface area contributed by atoms with Crippen LogP contribution in [0.2, 0.25) is 5.28 Å². The van der Waals surface area contributed by atoms with Crippen LogP contribution in [0.4, 0.5) is 0 Å². The van der Waals surface area contributed by atoms with E-state index in [-0.39, 0.29) is 34.9 Å². The second-order valence-electron chi connectivity index (χ2n) is 8.35. The number of rotatable bonds is 3. The molecule has 1 fully saturated rings. The molecule has 0 spiro atoms. The molecule has 0 radical (unpaired) electrons. The van der Waals surface area contributed by atoms with Gasteiger partial charge in [-0.05, 0) is 42.1 Å². The van der Waals surface area contributed by atoms with Crippen molar-refractivity contribution in [3.05, 3.63) is 49.9 Å². The maximum atomic E-state index is 13.4. The summed E-state index contributed by atoms with van der Waals surface area (Å²) in [6.45, 7) is 1.65. The fourth-order valence-electron chi connectivity index (χ4n) is 4.59. The van der Waals surface area contributed by atoms with Crippen molar-refractivity contribution in [3.63, 3.8) is 0 Å². The summed E-state index contributed by atoms with van der Waals surface area (Å²) >= 11 is 6.30. The molecular formula is C22H24ClN5O5. The van der Waals surface area contributed by atoms with Gasteiger partial charge in [0.25, 0.3) is 5.56 Å². The summed E-state index contributed by atoms with van der Waals surface area (Å²) in [4.78, 5) is 44.3. The van der Waals surface area contributed by atoms with Gasteiger partial charge in [0, 0.05) is 27.1 Å². The van der Waals surface area contributed by atoms with E-state index in [2.05, 4.69) is 4.98 Å². The van der Waals surface area contributed by atoms with Crippen LogP contribution in [-0.4, -0.2) is 49.3 Å². The molecule has 3 aromatic rings. The van der Waals surface area contributed by atoms with Crippen LogP contribution in [0.1, 0.15) is 30.9 Å². The van der Waals surface area contributed by atoms with Crippen LogP contribution in [0.3, 0.4) is 0 Å². The first-order chi connectivity index (χ1) is 15.9. The second-order valence-corrected chi connectivity index (χ2v) is 8.68. The highest BCUT2D eigenvalue weighted by atomic mass is 35.5. The summed E-state index contributed by atoms with van der Waals surface area (Å²) in [5, 5.41) is -0.0111. The number of carbonyl (C=O) groups is 1. The summed E-state index contributed by atoms with van der Waals surface area (Å²) in [5.74, 6) is 1.23. The van der Waals surface area contributed by atoms with Gasteiger partial charge in [-0.1, -0.05) is 6.07 Å². The molecule has 1 amide bonds. The summed E-state index contributed by atoms with van der Waals surface area (Å²) < 4.78 is 15.1. The van der Waals surface area contributed by atoms with E-state index in [4.69, 9.17) is 21.1 Å². The summed E-state index contributed by atoms with van der Waals surface area (Å²) in [6.07, 6.45) is 2.50. The molecule has 0 bridgehead atoms. The first-order valence-electron chi connectivity index (χ1n) is 10.9. The zero-order chi connectivity index (χ0) is 23.3. The summed E-state index contributed by atoms with van der Waals surface area (Å²) in [6, 6.07) is 5.69. The molecule has 1 aromatic carbocycles. The second kappa shape index (κ2) is 8.26. The van der Waals surface area contributed by atoms with Gasteiger partial charge in [-0.25, -0.2) is 4.79 Å². The highest BCUT2D eigenvalue weighted by Gasteiger charge is 2.32. The molecule has 10 nitrogen and oxygen atoms in total. The van der Waals surface area contributed by atoms with E-state index in [9.17, 15) is 14.4 Å². The highest BCUT2D eigenvalue weighted by Crippen LogP contribution is 2.38. The van der Waals surface area contributed by atoms with Crippen LogP contribution in [0.5, 0.6) is 11.5 Å². The number of carbonyl (C=O) groups excluding carboxylic acids is 1. The molecule has 2 aliphatic heterocycles. The van der Waals surface area contributed by atoms with Gasteiger partial charge in [-0.2, -0.15) is 4.98 Å². The van der Waals surface area contributed by atoms with Crippen molar-refractivity contribution in [3.8, 4) is 11.5 Å². The molecule has 0 saturated carbocycles. The van der Waals surface area contributed by atoms with E-state index in [1.54, 1.807) is 4.90 Å². The monoisotopic (exact) mass is 473 g/mol. The Morgan fingerprint density at radius 3 is 2.67 bits per heavy atom. The third kappa shape index (κ3) is 3.58. The number of aromatic nitrogens is 4. The number of fused-ring (bicyclic) bond motifs is 2. The smallest absolute Gasteiger partial charge is 0.332 e. The lowest BCUT2D eigenvalue weighted by Crippen LogP contribution is -2.38. The van der Waals surface area contributed by atoms with E-state index in [1.165, 1.54) is 23.2 Å². The van der Waals surface area contributed by atoms with Gasteiger partial charge >= 0.3 is 5.69 Å². The lowest BCUT2D eigenvalue weighted by atomic mass is 10.0. The van der Waals surface area contributed by atoms with Gasteiger partial charge in [0.2, 0.25) is 11.2 Å². The average Bonchev–Trinajstić information content (AvgIpc) is 3.34. The van der Waals surface area contributed by atoms with Crippen LogP contribution in [0, 0.1) is 0 Å². The minimum atomic E-state index is -0.541. The predicted molar refractivity (Wildman–Crippen MR) is 121 cm³/mol. The van der Waals surface area contributed by atoms with Crippen LogP contribution in [-0.2, 0) is 25.4 Å². The number of imidazole rings is 1. The van der Waals surface area contributed by atoms with Crippen molar-refractivity contribution < 1.29 is 14.3 Å². The molecule has 0 unspecified atom stereocenters. The largest absolute Gasteiger partial charge is 0.490 e. The molecule has 1 atom stereocenters. The fraction of sp³-hybridized carbons (Fsp3) is 0.455. The molecule has 0 aliphatic carbocycles. The standard InChI is InChI=1S/C22H24ClN5O5/c1-25-19-18(20(30)26(2)22(25)31)28(21(23)24-19)12-17(29)27-8-3-5-14(27)13-6-7-15-16(11-13)33-10-4-9-32-15/h6-7,11,14H,3-5,8-10,12H2,1-2H3/t14-/m1/s1. The minimum Gasteiger partial charge on any atom is -0.490 e. The Morgan fingerprint density at radius 2 is 1.88 bits per heavy atom. The average molecular weight is 474 g/mol. The van der Waals surface area contributed by atoms with Crippen molar-refractivity contribution in [1.82, 2.24) is 23.6 Å². The first kappa shape index (κ1) is 21.6. The van der Waals surface area contributed by atoms with Crippen molar-refractivity contribution in [2.45, 2.75) is 31.8 Å². The molecule has 2 aliphatic rings. The van der Waals surface area contributed by atoms with Gasteiger partial charge in [-0.15, -0.1) is 0 Å². The van der Waals surface area contributed by atoms with E-state index < -0.39 is 11.2 Å². The number of amides is 1. The topological polar surface area (TPSA) is 101 Å². The maximum absolute atomic E-state index is 13.4. The third-order valence-corrected chi connectivity index (χ3v) is 6.61. The molecule has 1 saturated heterocycles. The van der Waals surface area contributed by atoms with E-state index >= 15 is 0 Å². The number of ether oxygens (including phenoxy) is 2. The number of likely N-dealkylation sites (tertiary alicyclic amines) is 1. The lowest BCUT2D eigenvalue weighted by Gasteiger charge is -2.26. The maximum Gasteiger partial charge on any atom is 0.332 e. The molecule has 11 heteroatoms. The third-order valence-electron chi connectivity index (χ3n) is 6.32. The van der Waals surface area contributed by atoms with E-state index in [0.29, 0.717) is 31.3 Å². The molecule has 2 aromatic heterocycles. The Morgan fingerprint density at radius 1 is 1.12 bits per heavy atom. The van der Waals surface area contributed by atoms with Gasteiger partial charge < -0.3 is 14.4 Å². The van der Waals surface area contributed by atoms with Crippen molar-refractivity contribution in [1.29, 1.82) is 0 Å². The fourth-order valence-corrected chi connectivity index (χ4v) is 4.81. The zero-order valence-electron chi connectivity index (χ0n) is 18.4. The molecule has 0 N–H and O–H groups in total. The van der Waals surface area contributed by atoms with Crippen LogP contribution in [0.25, 0.3) is 11.2 Å². The normalized spacial score (nSPS) is 18.0. The summed E-state index contributed by atoms with van der Waals surface area (Å²) in [7, 11) is 2.90. The molecule has 5 rings (SSSR count). The van der Waals surface area contributed by atoms with Gasteiger partial charge in [0.15, 0.2) is 22.7 Å². The number of hydrogen-bond donors (Lipinski definition) is 0. The van der Waals surface area contributed by atoms with Gasteiger partial charge in [-0.3, -0.25) is 23.3 Å². The molecule has 174 valence electrons. The predicted octanol–water partition coefficient (Wildman–Crippen LogP) is 1.61. The Hall–Kier alpha value is -3.27. The van der Waals surface area contributed by atoms with Crippen molar-refractivity contribution in [2.24, 2.45) is 14.1 Å². The number of hydrogen-bond acceptors (Lipinski definition) is 6. The Balaban J connectivity index is 1.47. The van der Waals surface area contributed by atoms with Crippen LogP contribution in [0.15, 0.2) is 27.8 Å². The van der Waals surface area contributed by atoms with E-state index in [0.717, 1.165) is 29.4 Å². The molecule has 4 heterocycles. The van der Waals surface area contributed by atoms with Crippen LogP contribution < -0.4 is 20.7 Å². The van der Waals surface area contributed by atoms with Gasteiger partial charge in [0.05, 0.1) is 19.3 Å². The Labute approximate surface area is 193 Å². The minimum absolute atomic E-state index is 0.0111. The molecular weight excluding hydrogens is 450 g/mol.